The third kappa shape index (κ3) is 3.95. The molecule has 0 bridgehead atoms. The molecule has 4 heteroatoms. The van der Waals surface area contributed by atoms with E-state index in [1.54, 1.807) is 0 Å². The number of fused-ring (bicyclic) bond motifs is 1. The summed E-state index contributed by atoms with van der Waals surface area (Å²) >= 11 is 3.56. The summed E-state index contributed by atoms with van der Waals surface area (Å²) in [6, 6.07) is 20.0. The molecule has 24 heavy (non-hydrogen) atoms. The second-order valence-electron chi connectivity index (χ2n) is 5.65. The van der Waals surface area contributed by atoms with Crippen molar-refractivity contribution in [3.8, 4) is 5.75 Å². The molecule has 0 fully saturated rings. The first-order valence-corrected chi connectivity index (χ1v) is 8.55. The number of hydrogen-bond donors (Lipinski definition) is 1. The van der Waals surface area contributed by atoms with Gasteiger partial charge >= 0.3 is 0 Å². The SMILES string of the molecule is Cc1cccc(CNC(=O)COc2ccc3ccccc3c2Br)c1. The zero-order chi connectivity index (χ0) is 16.9. The maximum Gasteiger partial charge on any atom is 0.258 e. The quantitative estimate of drug-likeness (QED) is 0.698. The summed E-state index contributed by atoms with van der Waals surface area (Å²) in [5.74, 6) is 0.524. The lowest BCUT2D eigenvalue weighted by molar-refractivity contribution is -0.123. The first-order chi connectivity index (χ1) is 11.6. The van der Waals surface area contributed by atoms with Crippen LogP contribution in [0.5, 0.6) is 5.75 Å². The van der Waals surface area contributed by atoms with Gasteiger partial charge < -0.3 is 10.1 Å². The fourth-order valence-electron chi connectivity index (χ4n) is 2.54. The molecule has 0 saturated heterocycles. The van der Waals surface area contributed by atoms with Gasteiger partial charge in [-0.1, -0.05) is 60.2 Å². The normalized spacial score (nSPS) is 10.6. The van der Waals surface area contributed by atoms with Crippen LogP contribution in [0.1, 0.15) is 11.1 Å². The summed E-state index contributed by atoms with van der Waals surface area (Å²) in [4.78, 5) is 12.0. The van der Waals surface area contributed by atoms with Crippen molar-refractivity contribution in [1.82, 2.24) is 5.32 Å². The number of carbonyl (C=O) groups is 1. The number of carbonyl (C=O) groups excluding carboxylic acids is 1. The van der Waals surface area contributed by atoms with Gasteiger partial charge in [-0.05, 0) is 45.3 Å². The second kappa shape index (κ2) is 7.49. The smallest absolute Gasteiger partial charge is 0.258 e. The molecule has 1 N–H and O–H groups in total. The lowest BCUT2D eigenvalue weighted by atomic mass is 10.1. The largest absolute Gasteiger partial charge is 0.483 e. The van der Waals surface area contributed by atoms with Gasteiger partial charge in [0, 0.05) is 6.54 Å². The van der Waals surface area contributed by atoms with Crippen LogP contribution in [0.4, 0.5) is 0 Å². The van der Waals surface area contributed by atoms with E-state index in [9.17, 15) is 4.79 Å². The monoisotopic (exact) mass is 383 g/mol. The van der Waals surface area contributed by atoms with Crippen LogP contribution in [-0.4, -0.2) is 12.5 Å². The zero-order valence-corrected chi connectivity index (χ0v) is 15.0. The number of rotatable bonds is 5. The van der Waals surface area contributed by atoms with Gasteiger partial charge in [0.2, 0.25) is 0 Å². The van der Waals surface area contributed by atoms with E-state index in [-0.39, 0.29) is 12.5 Å². The highest BCUT2D eigenvalue weighted by Crippen LogP contribution is 2.32. The average Bonchev–Trinajstić information content (AvgIpc) is 2.60. The predicted octanol–water partition coefficient (Wildman–Crippen LogP) is 4.61. The van der Waals surface area contributed by atoms with E-state index in [2.05, 4.69) is 27.3 Å². The number of amides is 1. The molecule has 0 atom stereocenters. The molecule has 3 aromatic rings. The number of nitrogens with one attached hydrogen (secondary N) is 1. The minimum atomic E-state index is -0.142. The van der Waals surface area contributed by atoms with Crippen molar-refractivity contribution in [2.45, 2.75) is 13.5 Å². The van der Waals surface area contributed by atoms with Crippen molar-refractivity contribution >= 4 is 32.6 Å². The minimum absolute atomic E-state index is 0.0112. The van der Waals surface area contributed by atoms with Crippen LogP contribution in [-0.2, 0) is 11.3 Å². The van der Waals surface area contributed by atoms with Crippen molar-refractivity contribution in [2.75, 3.05) is 6.61 Å². The molecule has 0 spiro atoms. The molecule has 0 saturated carbocycles. The van der Waals surface area contributed by atoms with E-state index in [4.69, 9.17) is 4.74 Å². The van der Waals surface area contributed by atoms with Gasteiger partial charge in [-0.2, -0.15) is 0 Å². The number of hydrogen-bond acceptors (Lipinski definition) is 2. The predicted molar refractivity (Wildman–Crippen MR) is 100 cm³/mol. The van der Waals surface area contributed by atoms with Gasteiger partial charge in [0.15, 0.2) is 6.61 Å². The van der Waals surface area contributed by atoms with Gasteiger partial charge in [0.1, 0.15) is 5.75 Å². The third-order valence-electron chi connectivity index (χ3n) is 3.76. The Morgan fingerprint density at radius 1 is 1.08 bits per heavy atom. The van der Waals surface area contributed by atoms with Gasteiger partial charge in [-0.3, -0.25) is 4.79 Å². The first kappa shape index (κ1) is 16.5. The van der Waals surface area contributed by atoms with E-state index < -0.39 is 0 Å². The highest BCUT2D eigenvalue weighted by Gasteiger charge is 2.08. The molecule has 0 heterocycles. The highest BCUT2D eigenvalue weighted by molar-refractivity contribution is 9.10. The van der Waals surface area contributed by atoms with Crippen molar-refractivity contribution in [3.63, 3.8) is 0 Å². The maximum absolute atomic E-state index is 12.0. The summed E-state index contributed by atoms with van der Waals surface area (Å²) < 4.78 is 6.53. The topological polar surface area (TPSA) is 38.3 Å². The molecule has 3 nitrogen and oxygen atoms in total. The zero-order valence-electron chi connectivity index (χ0n) is 13.4. The first-order valence-electron chi connectivity index (χ1n) is 7.76. The van der Waals surface area contributed by atoms with E-state index in [1.807, 2.05) is 61.5 Å². The molecular weight excluding hydrogens is 366 g/mol. The van der Waals surface area contributed by atoms with E-state index in [1.165, 1.54) is 5.56 Å². The van der Waals surface area contributed by atoms with Gasteiger partial charge in [-0.15, -0.1) is 0 Å². The van der Waals surface area contributed by atoms with Gasteiger partial charge in [0.25, 0.3) is 5.91 Å². The van der Waals surface area contributed by atoms with Gasteiger partial charge in [0.05, 0.1) is 4.47 Å². The van der Waals surface area contributed by atoms with Crippen molar-refractivity contribution in [1.29, 1.82) is 0 Å². The fourth-order valence-corrected chi connectivity index (χ4v) is 3.15. The van der Waals surface area contributed by atoms with Crippen LogP contribution in [0.15, 0.2) is 65.1 Å². The van der Waals surface area contributed by atoms with E-state index in [0.717, 1.165) is 20.8 Å². The van der Waals surface area contributed by atoms with Crippen LogP contribution in [0.3, 0.4) is 0 Å². The van der Waals surface area contributed by atoms with Crippen molar-refractivity contribution in [3.05, 3.63) is 76.3 Å². The van der Waals surface area contributed by atoms with Crippen LogP contribution >= 0.6 is 15.9 Å². The molecule has 0 aromatic heterocycles. The lowest BCUT2D eigenvalue weighted by Gasteiger charge is -2.11. The number of halogens is 1. The fraction of sp³-hybridized carbons (Fsp3) is 0.150. The molecule has 122 valence electrons. The summed E-state index contributed by atoms with van der Waals surface area (Å²) in [6.07, 6.45) is 0. The maximum atomic E-state index is 12.0. The Morgan fingerprint density at radius 3 is 2.75 bits per heavy atom. The molecule has 1 amide bonds. The Labute approximate surface area is 149 Å². The van der Waals surface area contributed by atoms with Crippen LogP contribution in [0.25, 0.3) is 10.8 Å². The molecule has 0 aliphatic carbocycles. The third-order valence-corrected chi connectivity index (χ3v) is 4.58. The summed E-state index contributed by atoms with van der Waals surface area (Å²) in [5.41, 5.74) is 2.26. The van der Waals surface area contributed by atoms with E-state index >= 15 is 0 Å². The molecule has 0 aliphatic heterocycles. The highest BCUT2D eigenvalue weighted by atomic mass is 79.9. The van der Waals surface area contributed by atoms with Crippen molar-refractivity contribution in [2.24, 2.45) is 0 Å². The Kier molecular flexibility index (Phi) is 5.16. The Hall–Kier alpha value is -2.33. The minimum Gasteiger partial charge on any atom is -0.483 e. The standard InChI is InChI=1S/C20H18BrNO2/c1-14-5-4-6-15(11-14)12-22-19(23)13-24-18-10-9-16-7-2-3-8-17(16)20(18)21/h2-11H,12-13H2,1H3,(H,22,23). The summed E-state index contributed by atoms with van der Waals surface area (Å²) in [5, 5.41) is 5.06. The van der Waals surface area contributed by atoms with Crippen LogP contribution in [0.2, 0.25) is 0 Å². The molecule has 3 aromatic carbocycles. The second-order valence-corrected chi connectivity index (χ2v) is 6.45. The average molecular weight is 384 g/mol. The summed E-state index contributed by atoms with van der Waals surface area (Å²) in [7, 11) is 0. The Balaban J connectivity index is 1.59. The molecular formula is C20H18BrNO2. The molecule has 0 radical (unpaired) electrons. The summed E-state index contributed by atoms with van der Waals surface area (Å²) in [6.45, 7) is 2.53. The molecule has 0 unspecified atom stereocenters. The van der Waals surface area contributed by atoms with Crippen molar-refractivity contribution < 1.29 is 9.53 Å². The number of aryl methyl sites for hydroxylation is 1. The Morgan fingerprint density at radius 2 is 1.92 bits per heavy atom. The molecule has 0 aliphatic rings. The lowest BCUT2D eigenvalue weighted by Crippen LogP contribution is -2.28. The van der Waals surface area contributed by atoms with Crippen LogP contribution < -0.4 is 10.1 Å². The molecule has 3 rings (SSSR count). The number of ether oxygens (including phenoxy) is 1. The van der Waals surface area contributed by atoms with E-state index in [0.29, 0.717) is 12.3 Å². The number of benzene rings is 3. The van der Waals surface area contributed by atoms with Gasteiger partial charge in [-0.25, -0.2) is 0 Å². The Bertz CT molecular complexity index is 876. The van der Waals surface area contributed by atoms with Crippen LogP contribution in [0, 0.1) is 6.92 Å².